The Kier molecular flexibility index (Phi) is 2.59. The number of Topliss-reactive ketones (excluding diaryl/α,β-unsaturated/α-hetero) is 1. The number of benzene rings is 1. The highest BCUT2D eigenvalue weighted by molar-refractivity contribution is 5.96. The molecule has 2 rings (SSSR count). The molecule has 1 aliphatic heterocycles. The molecular formula is C12H15NO3. The van der Waals surface area contributed by atoms with Crippen LogP contribution in [0.1, 0.15) is 30.6 Å². The van der Waals surface area contributed by atoms with Gasteiger partial charge in [-0.3, -0.25) is 4.79 Å². The largest absolute Gasteiger partial charge is 0.449 e. The fourth-order valence-electron chi connectivity index (χ4n) is 1.67. The van der Waals surface area contributed by atoms with Crippen molar-refractivity contribution in [3.63, 3.8) is 0 Å². The van der Waals surface area contributed by atoms with Crippen LogP contribution in [0.5, 0.6) is 11.5 Å². The lowest BCUT2D eigenvalue weighted by Gasteiger charge is -2.16. The minimum Gasteiger partial charge on any atom is -0.449 e. The molecule has 0 saturated heterocycles. The molecule has 0 fully saturated rings. The maximum absolute atomic E-state index is 11.6. The van der Waals surface area contributed by atoms with E-state index in [0.29, 0.717) is 30.0 Å². The van der Waals surface area contributed by atoms with Gasteiger partial charge in [0.2, 0.25) is 5.79 Å². The first kappa shape index (κ1) is 11.0. The molecular weight excluding hydrogens is 206 g/mol. The Balaban J connectivity index is 2.26. The molecule has 0 radical (unpaired) electrons. The van der Waals surface area contributed by atoms with Gasteiger partial charge in [-0.1, -0.05) is 0 Å². The number of carbonyl (C=O) groups excluding carboxylic acids is 1. The Morgan fingerprint density at radius 2 is 2.00 bits per heavy atom. The summed E-state index contributed by atoms with van der Waals surface area (Å²) in [5.41, 5.74) is 5.96. The van der Waals surface area contributed by atoms with Crippen LogP contribution in [-0.2, 0) is 0 Å². The van der Waals surface area contributed by atoms with Crippen molar-refractivity contribution in [3.05, 3.63) is 23.8 Å². The van der Waals surface area contributed by atoms with Crippen LogP contribution in [0, 0.1) is 0 Å². The number of nitrogens with two attached hydrogens (primary N) is 1. The summed E-state index contributed by atoms with van der Waals surface area (Å²) in [5, 5.41) is 0. The number of rotatable bonds is 3. The van der Waals surface area contributed by atoms with Gasteiger partial charge < -0.3 is 15.2 Å². The van der Waals surface area contributed by atoms with E-state index in [9.17, 15) is 4.79 Å². The minimum absolute atomic E-state index is 0.0265. The maximum Gasteiger partial charge on any atom is 0.246 e. The summed E-state index contributed by atoms with van der Waals surface area (Å²) < 4.78 is 11.1. The van der Waals surface area contributed by atoms with Crippen molar-refractivity contribution >= 4 is 5.78 Å². The Labute approximate surface area is 94.3 Å². The fraction of sp³-hybridized carbons (Fsp3) is 0.417. The first-order valence-corrected chi connectivity index (χ1v) is 5.27. The monoisotopic (exact) mass is 221 g/mol. The Hall–Kier alpha value is -1.55. The van der Waals surface area contributed by atoms with Crippen LogP contribution in [0.2, 0.25) is 0 Å². The SMILES string of the molecule is CC1(C)Oc2ccc(C(=O)CCN)cc2O1. The molecule has 86 valence electrons. The average molecular weight is 221 g/mol. The van der Waals surface area contributed by atoms with Gasteiger partial charge in [0, 0.05) is 25.8 Å². The highest BCUT2D eigenvalue weighted by atomic mass is 16.7. The van der Waals surface area contributed by atoms with Crippen LogP contribution in [0.4, 0.5) is 0 Å². The molecule has 0 aliphatic carbocycles. The van der Waals surface area contributed by atoms with Crippen molar-refractivity contribution in [3.8, 4) is 11.5 Å². The highest BCUT2D eigenvalue weighted by Gasteiger charge is 2.31. The van der Waals surface area contributed by atoms with Crippen molar-refractivity contribution < 1.29 is 14.3 Å². The van der Waals surface area contributed by atoms with Crippen LogP contribution < -0.4 is 15.2 Å². The molecule has 4 heteroatoms. The molecule has 0 bridgehead atoms. The van der Waals surface area contributed by atoms with Gasteiger partial charge in [-0.2, -0.15) is 0 Å². The summed E-state index contributed by atoms with van der Waals surface area (Å²) >= 11 is 0. The van der Waals surface area contributed by atoms with E-state index < -0.39 is 5.79 Å². The predicted molar refractivity (Wildman–Crippen MR) is 59.8 cm³/mol. The lowest BCUT2D eigenvalue weighted by atomic mass is 10.1. The standard InChI is InChI=1S/C12H15NO3/c1-12(2)15-10-4-3-8(7-11(10)16-12)9(14)5-6-13/h3-4,7H,5-6,13H2,1-2H3. The third-order valence-electron chi connectivity index (χ3n) is 2.35. The summed E-state index contributed by atoms with van der Waals surface area (Å²) in [5.74, 6) is 0.665. The number of hydrogen-bond acceptors (Lipinski definition) is 4. The van der Waals surface area contributed by atoms with Gasteiger partial charge in [-0.15, -0.1) is 0 Å². The fourth-order valence-corrected chi connectivity index (χ4v) is 1.67. The molecule has 1 heterocycles. The van der Waals surface area contributed by atoms with Gasteiger partial charge in [0.05, 0.1) is 0 Å². The maximum atomic E-state index is 11.6. The zero-order valence-electron chi connectivity index (χ0n) is 9.45. The van der Waals surface area contributed by atoms with Crippen molar-refractivity contribution in [2.45, 2.75) is 26.1 Å². The second-order valence-electron chi connectivity index (χ2n) is 4.23. The highest BCUT2D eigenvalue weighted by Crippen LogP contribution is 2.39. The summed E-state index contributed by atoms with van der Waals surface area (Å²) in [6.45, 7) is 4.02. The molecule has 0 spiro atoms. The smallest absolute Gasteiger partial charge is 0.246 e. The quantitative estimate of drug-likeness (QED) is 0.789. The van der Waals surface area contributed by atoms with E-state index in [1.807, 2.05) is 13.8 Å². The van der Waals surface area contributed by atoms with Gasteiger partial charge in [-0.05, 0) is 24.7 Å². The van der Waals surface area contributed by atoms with Gasteiger partial charge in [0.15, 0.2) is 17.3 Å². The molecule has 0 aromatic heterocycles. The normalized spacial score (nSPS) is 16.2. The third kappa shape index (κ3) is 2.02. The van der Waals surface area contributed by atoms with E-state index in [1.165, 1.54) is 0 Å². The zero-order chi connectivity index (χ0) is 11.8. The molecule has 0 amide bonds. The van der Waals surface area contributed by atoms with E-state index in [0.717, 1.165) is 0 Å². The average Bonchev–Trinajstić information content (AvgIpc) is 2.50. The molecule has 0 atom stereocenters. The lowest BCUT2D eigenvalue weighted by molar-refractivity contribution is -0.0431. The van der Waals surface area contributed by atoms with Gasteiger partial charge in [0.25, 0.3) is 0 Å². The summed E-state index contributed by atoms with van der Waals surface area (Å²) in [7, 11) is 0. The van der Waals surface area contributed by atoms with E-state index in [1.54, 1.807) is 18.2 Å². The van der Waals surface area contributed by atoms with E-state index in [2.05, 4.69) is 0 Å². The van der Waals surface area contributed by atoms with Gasteiger partial charge in [-0.25, -0.2) is 0 Å². The van der Waals surface area contributed by atoms with Crippen LogP contribution in [0.25, 0.3) is 0 Å². The van der Waals surface area contributed by atoms with Crippen molar-refractivity contribution in [1.82, 2.24) is 0 Å². The van der Waals surface area contributed by atoms with Crippen molar-refractivity contribution in [2.75, 3.05) is 6.54 Å². The van der Waals surface area contributed by atoms with E-state index in [4.69, 9.17) is 15.2 Å². The third-order valence-corrected chi connectivity index (χ3v) is 2.35. The van der Waals surface area contributed by atoms with E-state index >= 15 is 0 Å². The summed E-state index contributed by atoms with van der Waals surface area (Å²) in [6, 6.07) is 5.21. The number of carbonyl (C=O) groups is 1. The Bertz CT molecular complexity index is 426. The Morgan fingerprint density at radius 3 is 2.69 bits per heavy atom. The van der Waals surface area contributed by atoms with Crippen LogP contribution in [0.3, 0.4) is 0 Å². The zero-order valence-corrected chi connectivity index (χ0v) is 9.45. The molecule has 1 aromatic rings. The number of ketones is 1. The second-order valence-corrected chi connectivity index (χ2v) is 4.23. The number of ether oxygens (including phenoxy) is 2. The summed E-state index contributed by atoms with van der Waals surface area (Å²) in [6.07, 6.45) is 0.350. The number of fused-ring (bicyclic) bond motifs is 1. The second kappa shape index (κ2) is 3.79. The van der Waals surface area contributed by atoms with Crippen LogP contribution in [0.15, 0.2) is 18.2 Å². The molecule has 0 unspecified atom stereocenters. The van der Waals surface area contributed by atoms with Gasteiger partial charge in [0.1, 0.15) is 0 Å². The van der Waals surface area contributed by atoms with Crippen molar-refractivity contribution in [2.24, 2.45) is 5.73 Å². The minimum atomic E-state index is -0.655. The van der Waals surface area contributed by atoms with E-state index in [-0.39, 0.29) is 5.78 Å². The first-order chi connectivity index (χ1) is 7.52. The van der Waals surface area contributed by atoms with Crippen LogP contribution in [-0.4, -0.2) is 18.1 Å². The van der Waals surface area contributed by atoms with Crippen molar-refractivity contribution in [1.29, 1.82) is 0 Å². The molecule has 2 N–H and O–H groups in total. The topological polar surface area (TPSA) is 61.5 Å². The first-order valence-electron chi connectivity index (χ1n) is 5.27. The summed E-state index contributed by atoms with van der Waals surface area (Å²) in [4.78, 5) is 11.6. The molecule has 16 heavy (non-hydrogen) atoms. The van der Waals surface area contributed by atoms with Crippen LogP contribution >= 0.6 is 0 Å². The molecule has 0 saturated carbocycles. The molecule has 1 aliphatic rings. The molecule has 1 aromatic carbocycles. The predicted octanol–water partition coefficient (Wildman–Crippen LogP) is 1.73. The number of hydrogen-bond donors (Lipinski definition) is 1. The molecule has 4 nitrogen and oxygen atoms in total. The lowest BCUT2D eigenvalue weighted by Crippen LogP contribution is -2.29. The Morgan fingerprint density at radius 1 is 1.31 bits per heavy atom. The van der Waals surface area contributed by atoms with Gasteiger partial charge >= 0.3 is 0 Å².